The third kappa shape index (κ3) is 7.81. The molecule has 2 heterocycles. The number of hydrogen-bond acceptors (Lipinski definition) is 3. The zero-order valence-electron chi connectivity index (χ0n) is 14.6. The molecule has 5 nitrogen and oxygen atoms in total. The summed E-state index contributed by atoms with van der Waals surface area (Å²) in [5.41, 5.74) is 0. The maximum Gasteiger partial charge on any atom is 0.401 e. The van der Waals surface area contributed by atoms with Gasteiger partial charge >= 0.3 is 6.18 Å². The summed E-state index contributed by atoms with van der Waals surface area (Å²) >= 11 is 0. The molecule has 2 N–H and O–H groups in total. The Morgan fingerprint density at radius 1 is 1.32 bits per heavy atom. The lowest BCUT2D eigenvalue weighted by atomic mass is 9.93. The minimum Gasteiger partial charge on any atom is -0.467 e. The van der Waals surface area contributed by atoms with Crippen molar-refractivity contribution in [3.05, 3.63) is 24.2 Å². The highest BCUT2D eigenvalue weighted by molar-refractivity contribution is 5.79. The van der Waals surface area contributed by atoms with Crippen molar-refractivity contribution in [1.29, 1.82) is 0 Å². The highest BCUT2D eigenvalue weighted by atomic mass is 19.4. The second-order valence-electron chi connectivity index (χ2n) is 6.32. The molecule has 0 spiro atoms. The van der Waals surface area contributed by atoms with Crippen molar-refractivity contribution in [2.75, 3.05) is 32.7 Å². The number of furan rings is 1. The first-order chi connectivity index (χ1) is 12.0. The quantitative estimate of drug-likeness (QED) is 0.580. The minimum atomic E-state index is -4.10. The Balaban J connectivity index is 1.67. The molecule has 0 radical (unpaired) electrons. The average molecular weight is 360 g/mol. The third-order valence-corrected chi connectivity index (χ3v) is 4.27. The molecule has 1 aliphatic rings. The highest BCUT2D eigenvalue weighted by Crippen LogP contribution is 2.23. The summed E-state index contributed by atoms with van der Waals surface area (Å²) in [5.74, 6) is 1.99. The van der Waals surface area contributed by atoms with Gasteiger partial charge in [0.15, 0.2) is 5.96 Å². The molecule has 0 aliphatic carbocycles. The van der Waals surface area contributed by atoms with Crippen molar-refractivity contribution in [1.82, 2.24) is 15.5 Å². The van der Waals surface area contributed by atoms with Crippen LogP contribution < -0.4 is 10.6 Å². The molecule has 0 unspecified atom stereocenters. The Kier molecular flexibility index (Phi) is 7.61. The van der Waals surface area contributed by atoms with Crippen molar-refractivity contribution >= 4 is 5.96 Å². The minimum absolute atomic E-state index is 0.463. The number of hydrogen-bond donors (Lipinski definition) is 2. The molecule has 25 heavy (non-hydrogen) atoms. The molecule has 2 rings (SSSR count). The van der Waals surface area contributed by atoms with Gasteiger partial charge in [0.25, 0.3) is 0 Å². The van der Waals surface area contributed by atoms with E-state index in [0.717, 1.165) is 44.1 Å². The fourth-order valence-electron chi connectivity index (χ4n) is 2.98. The molecule has 1 fully saturated rings. The van der Waals surface area contributed by atoms with Gasteiger partial charge in [-0.2, -0.15) is 13.2 Å². The number of halogens is 3. The van der Waals surface area contributed by atoms with Gasteiger partial charge in [-0.1, -0.05) is 0 Å². The van der Waals surface area contributed by atoms with Crippen molar-refractivity contribution in [3.63, 3.8) is 0 Å². The summed E-state index contributed by atoms with van der Waals surface area (Å²) in [6.07, 6.45) is 0.0939. The number of aliphatic imine (C=N–C) groups is 1. The average Bonchev–Trinajstić information content (AvgIpc) is 3.06. The second kappa shape index (κ2) is 9.70. The number of nitrogens with zero attached hydrogens (tertiary/aromatic N) is 2. The van der Waals surface area contributed by atoms with Gasteiger partial charge < -0.3 is 15.1 Å². The molecule has 1 aromatic heterocycles. The molecule has 0 bridgehead atoms. The van der Waals surface area contributed by atoms with Crippen LogP contribution in [0.25, 0.3) is 0 Å². The monoisotopic (exact) mass is 360 g/mol. The predicted molar refractivity (Wildman–Crippen MR) is 91.4 cm³/mol. The summed E-state index contributed by atoms with van der Waals surface area (Å²) in [5, 5.41) is 6.46. The summed E-state index contributed by atoms with van der Waals surface area (Å²) in [6.45, 7) is 4.25. The molecule has 1 aliphatic heterocycles. The second-order valence-corrected chi connectivity index (χ2v) is 6.32. The first kappa shape index (κ1) is 19.6. The van der Waals surface area contributed by atoms with E-state index in [1.165, 1.54) is 4.90 Å². The van der Waals surface area contributed by atoms with Crippen LogP contribution in [-0.2, 0) is 6.54 Å². The maximum absolute atomic E-state index is 12.4. The molecular formula is C17H27F3N4O. The lowest BCUT2D eigenvalue weighted by molar-refractivity contribution is -0.148. The van der Waals surface area contributed by atoms with E-state index in [4.69, 9.17) is 4.42 Å². The topological polar surface area (TPSA) is 52.8 Å². The van der Waals surface area contributed by atoms with Crippen molar-refractivity contribution in [3.8, 4) is 0 Å². The van der Waals surface area contributed by atoms with Crippen molar-refractivity contribution in [2.45, 2.75) is 38.9 Å². The van der Waals surface area contributed by atoms with Crippen LogP contribution in [0.5, 0.6) is 0 Å². The Morgan fingerprint density at radius 2 is 2.08 bits per heavy atom. The van der Waals surface area contributed by atoms with Crippen LogP contribution in [0.15, 0.2) is 27.8 Å². The molecule has 0 aromatic carbocycles. The van der Waals surface area contributed by atoms with Gasteiger partial charge in [0.2, 0.25) is 0 Å². The molecule has 1 aromatic rings. The number of nitrogens with one attached hydrogen (secondary N) is 2. The first-order valence-electron chi connectivity index (χ1n) is 8.80. The largest absolute Gasteiger partial charge is 0.467 e. The Morgan fingerprint density at radius 3 is 2.68 bits per heavy atom. The normalized spacial score (nSPS) is 17.7. The highest BCUT2D eigenvalue weighted by Gasteiger charge is 2.32. The SMILES string of the molecule is CCNC(=NCc1ccco1)NCCC1CCN(CC(F)(F)F)CC1. The van der Waals surface area contributed by atoms with Crippen LogP contribution in [0.4, 0.5) is 13.2 Å². The zero-order valence-corrected chi connectivity index (χ0v) is 14.6. The van der Waals surface area contributed by atoms with Crippen LogP contribution in [0.2, 0.25) is 0 Å². The molecule has 0 amide bonds. The predicted octanol–water partition coefficient (Wildman–Crippen LogP) is 3.00. The van der Waals surface area contributed by atoms with E-state index in [9.17, 15) is 13.2 Å². The number of piperidine rings is 1. The standard InChI is InChI=1S/C17H27F3N4O/c1-2-21-16(23-12-15-4-3-11-25-15)22-8-5-14-6-9-24(10-7-14)13-17(18,19)20/h3-4,11,14H,2,5-10,12-13H2,1H3,(H2,21,22,23). The fourth-order valence-corrected chi connectivity index (χ4v) is 2.98. The molecule has 8 heteroatoms. The van der Waals surface area contributed by atoms with Gasteiger partial charge in [0.1, 0.15) is 12.3 Å². The van der Waals surface area contributed by atoms with E-state index in [1.807, 2.05) is 19.1 Å². The Bertz CT molecular complexity index is 508. The summed E-state index contributed by atoms with van der Waals surface area (Å²) in [7, 11) is 0. The lowest BCUT2D eigenvalue weighted by Gasteiger charge is -2.32. The van der Waals surface area contributed by atoms with Gasteiger partial charge in [-0.15, -0.1) is 0 Å². The smallest absolute Gasteiger partial charge is 0.401 e. The van der Waals surface area contributed by atoms with Crippen LogP contribution >= 0.6 is 0 Å². The lowest BCUT2D eigenvalue weighted by Crippen LogP contribution is -2.41. The molecular weight excluding hydrogens is 333 g/mol. The van der Waals surface area contributed by atoms with E-state index in [-0.39, 0.29) is 0 Å². The van der Waals surface area contributed by atoms with E-state index < -0.39 is 12.7 Å². The number of likely N-dealkylation sites (tertiary alicyclic amines) is 1. The maximum atomic E-state index is 12.4. The molecule has 0 atom stereocenters. The molecule has 0 saturated carbocycles. The fraction of sp³-hybridized carbons (Fsp3) is 0.706. The van der Waals surface area contributed by atoms with Crippen LogP contribution in [0, 0.1) is 5.92 Å². The van der Waals surface area contributed by atoms with Crippen LogP contribution in [0.3, 0.4) is 0 Å². The van der Waals surface area contributed by atoms with Gasteiger partial charge in [0, 0.05) is 13.1 Å². The van der Waals surface area contributed by atoms with Crippen LogP contribution in [0.1, 0.15) is 31.9 Å². The summed E-state index contributed by atoms with van der Waals surface area (Å²) in [6, 6.07) is 3.71. The number of guanidine groups is 1. The first-order valence-corrected chi connectivity index (χ1v) is 8.80. The van der Waals surface area contributed by atoms with Crippen LogP contribution in [-0.4, -0.2) is 49.8 Å². The molecule has 142 valence electrons. The number of rotatable bonds is 7. The Hall–Kier alpha value is -1.70. The van der Waals surface area contributed by atoms with Crippen molar-refractivity contribution in [2.24, 2.45) is 10.9 Å². The van der Waals surface area contributed by atoms with Gasteiger partial charge in [-0.05, 0) is 57.3 Å². The van der Waals surface area contributed by atoms with E-state index in [2.05, 4.69) is 15.6 Å². The third-order valence-electron chi connectivity index (χ3n) is 4.27. The van der Waals surface area contributed by atoms with E-state index in [0.29, 0.717) is 25.6 Å². The summed E-state index contributed by atoms with van der Waals surface area (Å²) < 4.78 is 42.5. The molecule has 1 saturated heterocycles. The van der Waals surface area contributed by atoms with E-state index in [1.54, 1.807) is 6.26 Å². The van der Waals surface area contributed by atoms with Gasteiger partial charge in [-0.3, -0.25) is 4.90 Å². The van der Waals surface area contributed by atoms with Crippen molar-refractivity contribution < 1.29 is 17.6 Å². The number of alkyl halides is 3. The van der Waals surface area contributed by atoms with Gasteiger partial charge in [-0.25, -0.2) is 4.99 Å². The van der Waals surface area contributed by atoms with Gasteiger partial charge in [0.05, 0.1) is 12.8 Å². The van der Waals surface area contributed by atoms with E-state index >= 15 is 0 Å². The summed E-state index contributed by atoms with van der Waals surface area (Å²) in [4.78, 5) is 5.96. The Labute approximate surface area is 146 Å². The zero-order chi connectivity index (χ0) is 18.1.